The molecular weight excluding hydrogens is 237 g/mol. The lowest BCUT2D eigenvalue weighted by Gasteiger charge is -2.10. The van der Waals surface area contributed by atoms with Gasteiger partial charge >= 0.3 is 0 Å². The van der Waals surface area contributed by atoms with E-state index in [1.54, 1.807) is 6.07 Å². The molecule has 1 saturated heterocycles. The molecule has 1 aromatic carbocycles. The number of hydrogen-bond acceptors (Lipinski definition) is 2. The molecule has 0 aliphatic carbocycles. The van der Waals surface area contributed by atoms with E-state index >= 15 is 0 Å². The van der Waals surface area contributed by atoms with E-state index in [9.17, 15) is 4.39 Å². The zero-order valence-electron chi connectivity index (χ0n) is 6.89. The normalized spacial score (nSPS) is 22.2. The van der Waals surface area contributed by atoms with E-state index in [2.05, 4.69) is 21.4 Å². The van der Waals surface area contributed by atoms with Crippen LogP contribution < -0.4 is 5.48 Å². The topological polar surface area (TPSA) is 21.3 Å². The molecule has 1 heterocycles. The number of hydroxylamine groups is 1. The van der Waals surface area contributed by atoms with Crippen LogP contribution in [0.3, 0.4) is 0 Å². The van der Waals surface area contributed by atoms with E-state index in [4.69, 9.17) is 4.84 Å². The largest absolute Gasteiger partial charge is 0.301 e. The van der Waals surface area contributed by atoms with Crippen LogP contribution in [-0.2, 0) is 4.84 Å². The number of hydrogen-bond donors (Lipinski definition) is 1. The van der Waals surface area contributed by atoms with Gasteiger partial charge in [0.15, 0.2) is 0 Å². The Morgan fingerprint density at radius 1 is 1.54 bits per heavy atom. The minimum absolute atomic E-state index is 0.102. The zero-order chi connectivity index (χ0) is 9.26. The maximum Gasteiger partial charge on any atom is 0.137 e. The summed E-state index contributed by atoms with van der Waals surface area (Å²) in [5.41, 5.74) is 3.76. The highest BCUT2D eigenvalue weighted by Gasteiger charge is 2.20. The summed E-state index contributed by atoms with van der Waals surface area (Å²) in [5.74, 6) is -0.230. The highest BCUT2D eigenvalue weighted by atomic mass is 79.9. The van der Waals surface area contributed by atoms with Crippen LogP contribution in [0.2, 0.25) is 0 Å². The van der Waals surface area contributed by atoms with Gasteiger partial charge in [-0.05, 0) is 34.0 Å². The first-order valence-corrected chi connectivity index (χ1v) is 4.89. The molecule has 2 rings (SSSR count). The predicted molar refractivity (Wildman–Crippen MR) is 50.5 cm³/mol. The standard InChI is InChI=1S/C9H9BrFNO/c10-9-6(2-1-3-7(9)11)8-4-5-13-12-8/h1-3,8,12H,4-5H2. The fourth-order valence-corrected chi connectivity index (χ4v) is 1.94. The Kier molecular flexibility index (Phi) is 2.62. The second kappa shape index (κ2) is 3.74. The van der Waals surface area contributed by atoms with Crippen molar-refractivity contribution in [2.24, 2.45) is 0 Å². The first-order chi connectivity index (χ1) is 6.29. The Labute approximate surface area is 84.2 Å². The van der Waals surface area contributed by atoms with Crippen LogP contribution in [0.5, 0.6) is 0 Å². The van der Waals surface area contributed by atoms with Gasteiger partial charge in [0.05, 0.1) is 17.1 Å². The molecule has 0 bridgehead atoms. The van der Waals surface area contributed by atoms with Gasteiger partial charge in [-0.25, -0.2) is 4.39 Å². The third kappa shape index (κ3) is 1.75. The molecule has 1 fully saturated rings. The van der Waals surface area contributed by atoms with Crippen LogP contribution in [0.15, 0.2) is 22.7 Å². The third-order valence-electron chi connectivity index (χ3n) is 2.09. The number of nitrogens with one attached hydrogen (secondary N) is 1. The van der Waals surface area contributed by atoms with Crippen LogP contribution in [0.1, 0.15) is 18.0 Å². The number of halogens is 2. The molecule has 13 heavy (non-hydrogen) atoms. The molecule has 1 aliphatic rings. The van der Waals surface area contributed by atoms with Crippen molar-refractivity contribution >= 4 is 15.9 Å². The minimum Gasteiger partial charge on any atom is -0.301 e. The van der Waals surface area contributed by atoms with Crippen molar-refractivity contribution in [2.75, 3.05) is 6.61 Å². The first kappa shape index (κ1) is 9.12. The van der Waals surface area contributed by atoms with Crippen LogP contribution in [0.25, 0.3) is 0 Å². The monoisotopic (exact) mass is 245 g/mol. The van der Waals surface area contributed by atoms with Gasteiger partial charge in [-0.15, -0.1) is 0 Å². The van der Waals surface area contributed by atoms with Crippen molar-refractivity contribution in [2.45, 2.75) is 12.5 Å². The third-order valence-corrected chi connectivity index (χ3v) is 2.93. The average Bonchev–Trinajstić information content (AvgIpc) is 2.62. The lowest BCUT2D eigenvalue weighted by atomic mass is 10.1. The molecule has 0 saturated carbocycles. The van der Waals surface area contributed by atoms with Crippen LogP contribution in [0, 0.1) is 5.82 Å². The second-order valence-electron chi connectivity index (χ2n) is 2.95. The Morgan fingerprint density at radius 3 is 3.08 bits per heavy atom. The Hall–Kier alpha value is -0.450. The molecule has 0 radical (unpaired) electrons. The molecule has 1 N–H and O–H groups in total. The van der Waals surface area contributed by atoms with E-state index in [0.29, 0.717) is 11.1 Å². The first-order valence-electron chi connectivity index (χ1n) is 4.10. The van der Waals surface area contributed by atoms with Gasteiger partial charge < -0.3 is 4.84 Å². The molecule has 1 aliphatic heterocycles. The number of benzene rings is 1. The molecule has 1 aromatic rings. The summed E-state index contributed by atoms with van der Waals surface area (Å²) in [6, 6.07) is 5.13. The quantitative estimate of drug-likeness (QED) is 0.822. The number of rotatable bonds is 1. The summed E-state index contributed by atoms with van der Waals surface area (Å²) < 4.78 is 13.6. The molecule has 70 valence electrons. The molecule has 4 heteroatoms. The Balaban J connectivity index is 2.33. The van der Waals surface area contributed by atoms with E-state index < -0.39 is 0 Å². The van der Waals surface area contributed by atoms with Crippen molar-refractivity contribution in [3.8, 4) is 0 Å². The van der Waals surface area contributed by atoms with Crippen LogP contribution in [-0.4, -0.2) is 6.61 Å². The summed E-state index contributed by atoms with van der Waals surface area (Å²) in [5, 5.41) is 0. The maximum atomic E-state index is 13.1. The van der Waals surface area contributed by atoms with Crippen LogP contribution in [0.4, 0.5) is 4.39 Å². The van der Waals surface area contributed by atoms with Gasteiger partial charge in [0, 0.05) is 0 Å². The predicted octanol–water partition coefficient (Wildman–Crippen LogP) is 2.55. The second-order valence-corrected chi connectivity index (χ2v) is 3.74. The van der Waals surface area contributed by atoms with Crippen molar-refractivity contribution in [3.05, 3.63) is 34.1 Å². The lowest BCUT2D eigenvalue weighted by molar-refractivity contribution is 0.0881. The fraction of sp³-hybridized carbons (Fsp3) is 0.333. The van der Waals surface area contributed by atoms with E-state index in [1.165, 1.54) is 6.07 Å². The van der Waals surface area contributed by atoms with E-state index in [0.717, 1.165) is 12.0 Å². The van der Waals surface area contributed by atoms with Gasteiger partial charge in [0.2, 0.25) is 0 Å². The summed E-state index contributed by atoms with van der Waals surface area (Å²) >= 11 is 3.22. The molecular formula is C9H9BrFNO. The van der Waals surface area contributed by atoms with Crippen molar-refractivity contribution in [3.63, 3.8) is 0 Å². The summed E-state index contributed by atoms with van der Waals surface area (Å²) in [7, 11) is 0. The lowest BCUT2D eigenvalue weighted by Crippen LogP contribution is -2.12. The van der Waals surface area contributed by atoms with Crippen LogP contribution >= 0.6 is 15.9 Å². The summed E-state index contributed by atoms with van der Waals surface area (Å²) in [6.45, 7) is 0.674. The van der Waals surface area contributed by atoms with Crippen molar-refractivity contribution < 1.29 is 9.23 Å². The van der Waals surface area contributed by atoms with E-state index in [-0.39, 0.29) is 11.9 Å². The maximum absolute atomic E-state index is 13.1. The van der Waals surface area contributed by atoms with Gasteiger partial charge in [-0.3, -0.25) is 0 Å². The van der Waals surface area contributed by atoms with Gasteiger partial charge in [0.25, 0.3) is 0 Å². The summed E-state index contributed by atoms with van der Waals surface area (Å²) in [6.07, 6.45) is 0.877. The average molecular weight is 246 g/mol. The van der Waals surface area contributed by atoms with Gasteiger partial charge in [-0.1, -0.05) is 12.1 Å². The molecule has 0 spiro atoms. The van der Waals surface area contributed by atoms with Gasteiger partial charge in [0.1, 0.15) is 5.82 Å². The highest BCUT2D eigenvalue weighted by Crippen LogP contribution is 2.29. The van der Waals surface area contributed by atoms with E-state index in [1.807, 2.05) is 6.07 Å². The van der Waals surface area contributed by atoms with Crippen molar-refractivity contribution in [1.29, 1.82) is 0 Å². The minimum atomic E-state index is -0.230. The molecule has 1 atom stereocenters. The summed E-state index contributed by atoms with van der Waals surface area (Å²) in [4.78, 5) is 5.01. The van der Waals surface area contributed by atoms with Crippen molar-refractivity contribution in [1.82, 2.24) is 5.48 Å². The fourth-order valence-electron chi connectivity index (χ4n) is 1.40. The zero-order valence-corrected chi connectivity index (χ0v) is 8.47. The molecule has 2 nitrogen and oxygen atoms in total. The highest BCUT2D eigenvalue weighted by molar-refractivity contribution is 9.10. The molecule has 1 unspecified atom stereocenters. The Morgan fingerprint density at radius 2 is 2.38 bits per heavy atom. The Bertz CT molecular complexity index is 312. The molecule has 0 aromatic heterocycles. The SMILES string of the molecule is Fc1cccc(C2CCON2)c1Br. The van der Waals surface area contributed by atoms with Gasteiger partial charge in [-0.2, -0.15) is 5.48 Å². The molecule has 0 amide bonds. The smallest absolute Gasteiger partial charge is 0.137 e.